The molecule has 2 aliphatic heterocycles. The smallest absolute Gasteiger partial charge is 0.388 e. The van der Waals surface area contributed by atoms with Crippen molar-refractivity contribution >= 4 is 29.3 Å². The molecule has 4 aromatic heterocycles. The number of halogens is 9. The maximum absolute atomic E-state index is 14.6. The molecule has 15 nitrogen and oxygen atoms in total. The molecule has 24 heteroatoms. The van der Waals surface area contributed by atoms with Gasteiger partial charge in [-0.3, -0.25) is 19.4 Å². The van der Waals surface area contributed by atoms with Gasteiger partial charge >= 0.3 is 18.5 Å². The average molecular weight is 1050 g/mol. The molecule has 0 fully saturated rings. The second-order valence-corrected chi connectivity index (χ2v) is 18.0. The summed E-state index contributed by atoms with van der Waals surface area (Å²) in [6.07, 6.45) is -13.1. The minimum Gasteiger partial charge on any atom is -0.388 e. The lowest BCUT2D eigenvalue weighted by molar-refractivity contribution is -0.141. The number of carbonyl (C=O) groups excluding carboxylic acids is 2. The van der Waals surface area contributed by atoms with Crippen molar-refractivity contribution in [1.82, 2.24) is 39.5 Å². The number of hydrogen-bond acceptors (Lipinski definition) is 11. The van der Waals surface area contributed by atoms with Crippen molar-refractivity contribution in [3.05, 3.63) is 160 Å². The molecule has 0 bridgehead atoms. The van der Waals surface area contributed by atoms with Crippen LogP contribution in [0.4, 0.5) is 57.0 Å². The number of aliphatic hydroxyl groups is 1. The van der Waals surface area contributed by atoms with E-state index in [1.165, 1.54) is 47.6 Å². The maximum atomic E-state index is 14.6. The third kappa shape index (κ3) is 9.59. The van der Waals surface area contributed by atoms with Gasteiger partial charge in [-0.1, -0.05) is 36.4 Å². The van der Waals surface area contributed by atoms with Crippen molar-refractivity contribution in [2.45, 2.75) is 50.8 Å². The largest absolute Gasteiger partial charge is 0.433 e. The third-order valence-electron chi connectivity index (χ3n) is 13.1. The van der Waals surface area contributed by atoms with Crippen molar-refractivity contribution in [3.8, 4) is 45.0 Å². The number of aliphatic hydroxyl groups excluding tert-OH is 1. The molecular weight excluding hydrogens is 1010 g/mol. The minimum absolute atomic E-state index is 0.00161. The van der Waals surface area contributed by atoms with Crippen molar-refractivity contribution in [2.75, 3.05) is 28.8 Å². The quantitative estimate of drug-likeness (QED) is 0.105. The van der Waals surface area contributed by atoms with E-state index in [4.69, 9.17) is 4.74 Å². The van der Waals surface area contributed by atoms with Gasteiger partial charge in [-0.25, -0.2) is 9.97 Å². The summed E-state index contributed by atoms with van der Waals surface area (Å²) in [5.74, 6) is -1.43. The van der Waals surface area contributed by atoms with Gasteiger partial charge in [0.15, 0.2) is 11.6 Å². The zero-order chi connectivity index (χ0) is 54.0. The highest BCUT2D eigenvalue weighted by molar-refractivity contribution is 6.11. The Kier molecular flexibility index (Phi) is 13.0. The van der Waals surface area contributed by atoms with Crippen LogP contribution in [0.2, 0.25) is 0 Å². The summed E-state index contributed by atoms with van der Waals surface area (Å²) >= 11 is 0. The zero-order valence-corrected chi connectivity index (χ0v) is 40.1. The van der Waals surface area contributed by atoms with Gasteiger partial charge in [0.25, 0.3) is 11.8 Å². The van der Waals surface area contributed by atoms with Crippen LogP contribution in [-0.2, 0) is 57.1 Å². The summed E-state index contributed by atoms with van der Waals surface area (Å²) < 4.78 is 137. The van der Waals surface area contributed by atoms with E-state index in [1.54, 1.807) is 44.0 Å². The lowest BCUT2D eigenvalue weighted by atomic mass is 9.94. The summed E-state index contributed by atoms with van der Waals surface area (Å²) in [6.45, 7) is -0.882. The Labute approximate surface area is 425 Å². The normalized spacial score (nSPS) is 14.2. The fourth-order valence-corrected chi connectivity index (χ4v) is 9.47. The molecule has 0 spiro atoms. The highest BCUT2D eigenvalue weighted by Gasteiger charge is 2.43. The topological polar surface area (TPSA) is 169 Å². The number of aryl methyl sites for hydroxylation is 2. The number of amides is 2. The van der Waals surface area contributed by atoms with E-state index in [0.29, 0.717) is 22.5 Å². The maximum Gasteiger partial charge on any atom is 0.433 e. The van der Waals surface area contributed by atoms with Gasteiger partial charge in [-0.05, 0) is 112 Å². The van der Waals surface area contributed by atoms with Crippen molar-refractivity contribution in [2.24, 2.45) is 14.1 Å². The second-order valence-electron chi connectivity index (χ2n) is 18.0. The van der Waals surface area contributed by atoms with E-state index >= 15 is 0 Å². The van der Waals surface area contributed by atoms with E-state index in [9.17, 15) is 54.2 Å². The summed E-state index contributed by atoms with van der Waals surface area (Å²) in [6, 6.07) is 21.4. The number of rotatable bonds is 13. The van der Waals surface area contributed by atoms with Crippen LogP contribution in [-0.4, -0.2) is 70.1 Å². The molecule has 76 heavy (non-hydrogen) atoms. The molecular formula is C52H40F9N11O4. The fourth-order valence-electron chi connectivity index (χ4n) is 9.47. The lowest BCUT2D eigenvalue weighted by Crippen LogP contribution is -2.25. The highest BCUT2D eigenvalue weighted by atomic mass is 19.4. The Morgan fingerprint density at radius 3 is 1.66 bits per heavy atom. The summed E-state index contributed by atoms with van der Waals surface area (Å²) in [7, 11) is 4.87. The monoisotopic (exact) mass is 1050 g/mol. The Bertz CT molecular complexity index is 3590. The van der Waals surface area contributed by atoms with E-state index in [-0.39, 0.29) is 76.0 Å². The van der Waals surface area contributed by atoms with Crippen LogP contribution < -0.4 is 15.1 Å². The van der Waals surface area contributed by atoms with Crippen LogP contribution in [0.25, 0.3) is 45.0 Å². The molecule has 2 aliphatic rings. The Hall–Kier alpha value is -8.51. The fraction of sp³-hybridized carbons (Fsp3) is 0.231. The van der Waals surface area contributed by atoms with Crippen LogP contribution in [0.1, 0.15) is 72.3 Å². The van der Waals surface area contributed by atoms with Gasteiger partial charge in [0.2, 0.25) is 0 Å². The number of anilines is 3. The molecule has 1 unspecified atom stereocenters. The minimum atomic E-state index is -5.07. The van der Waals surface area contributed by atoms with Crippen molar-refractivity contribution < 1.29 is 58.9 Å². The van der Waals surface area contributed by atoms with Crippen LogP contribution >= 0.6 is 0 Å². The molecule has 2 N–H and O–H groups in total. The molecule has 0 aliphatic carbocycles. The summed E-state index contributed by atoms with van der Waals surface area (Å²) in [5, 5.41) is 31.4. The first-order valence-corrected chi connectivity index (χ1v) is 23.1. The molecule has 0 saturated carbocycles. The predicted octanol–water partition coefficient (Wildman–Crippen LogP) is 10.5. The molecule has 6 heterocycles. The number of methoxy groups -OCH3 is 1. The van der Waals surface area contributed by atoms with Crippen LogP contribution in [0.5, 0.6) is 0 Å². The number of alkyl halides is 9. The van der Waals surface area contributed by atoms with Gasteiger partial charge in [0.1, 0.15) is 35.8 Å². The Morgan fingerprint density at radius 1 is 0.618 bits per heavy atom. The van der Waals surface area contributed by atoms with Gasteiger partial charge in [-0.15, -0.1) is 20.4 Å². The van der Waals surface area contributed by atoms with Gasteiger partial charge in [0.05, 0.1) is 36.9 Å². The van der Waals surface area contributed by atoms with Gasteiger partial charge < -0.3 is 24.3 Å². The molecule has 1 atom stereocenters. The SMILES string of the molecule is COCc1ccc(-c2cc(NCCC(O)c3ccc(-c4cc(N5Cc6c(cccc6C(F)(F)F)C5=O)nc(C(F)(F)F)c4)c(-c4nncn4C)c3)nc(N3Cc4c(cccc4C(F)(F)F)C3=O)c2)c(-c2nncn2C)c1. The Morgan fingerprint density at radius 2 is 1.14 bits per heavy atom. The standard InChI is InChI=1S/C52H40F9N11O4/c1-69-25-63-67-46(69)35-16-27(24-76-3)10-12-31(35)30-19-43(66-45(21-30)72-23-38-34(49(72)75)7-5-9-40(38)51(56,57)58)62-15-14-41(73)28-11-13-32(36(17-28)47-68-64-26-70(47)2)29-18-42(52(59,60)61)65-44(20-29)71-22-37-33(48(71)74)6-4-8-39(37)50(53,54)55/h4-13,16-21,25-26,41,73H,14-15,22-24H2,1-3H3,(H,62,66). The molecule has 390 valence electrons. The zero-order valence-electron chi connectivity index (χ0n) is 40.1. The second kappa shape index (κ2) is 19.3. The first-order valence-electron chi connectivity index (χ1n) is 23.1. The molecule has 4 aromatic carbocycles. The lowest BCUT2D eigenvalue weighted by Gasteiger charge is -2.21. The van der Waals surface area contributed by atoms with Crippen LogP contribution in [0, 0.1) is 0 Å². The number of ether oxygens (including phenoxy) is 1. The van der Waals surface area contributed by atoms with Gasteiger partial charge in [0, 0.05) is 50.0 Å². The number of aromatic nitrogens is 8. The van der Waals surface area contributed by atoms with Crippen molar-refractivity contribution in [1.29, 1.82) is 0 Å². The van der Waals surface area contributed by atoms with E-state index in [1.807, 2.05) is 12.1 Å². The first kappa shape index (κ1) is 51.0. The molecule has 2 amide bonds. The average Bonchev–Trinajstić information content (AvgIpc) is 4.23. The third-order valence-corrected chi connectivity index (χ3v) is 13.1. The number of benzene rings is 4. The molecule has 10 rings (SSSR count). The Balaban J connectivity index is 0.983. The number of nitrogens with zero attached hydrogens (tertiary/aromatic N) is 10. The van der Waals surface area contributed by atoms with Crippen molar-refractivity contribution in [3.63, 3.8) is 0 Å². The van der Waals surface area contributed by atoms with Crippen LogP contribution in [0.3, 0.4) is 0 Å². The molecule has 8 aromatic rings. The van der Waals surface area contributed by atoms with Crippen LogP contribution in [0.15, 0.2) is 110 Å². The number of hydrogen-bond donors (Lipinski definition) is 2. The number of carbonyl (C=O) groups is 2. The van der Waals surface area contributed by atoms with E-state index in [0.717, 1.165) is 51.8 Å². The number of fused-ring (bicyclic) bond motifs is 2. The highest BCUT2D eigenvalue weighted by Crippen LogP contribution is 2.44. The molecule has 0 radical (unpaired) electrons. The number of pyridine rings is 2. The van der Waals surface area contributed by atoms with Gasteiger partial charge in [-0.2, -0.15) is 39.5 Å². The van der Waals surface area contributed by atoms with E-state index in [2.05, 4.69) is 35.7 Å². The first-order chi connectivity index (χ1) is 36.1. The summed E-state index contributed by atoms with van der Waals surface area (Å²) in [4.78, 5) is 37.8. The summed E-state index contributed by atoms with van der Waals surface area (Å²) in [5.41, 5.74) is -1.66. The molecule has 0 saturated heterocycles. The predicted molar refractivity (Wildman–Crippen MR) is 257 cm³/mol. The number of nitrogens with one attached hydrogen (secondary N) is 1. The van der Waals surface area contributed by atoms with E-state index < -0.39 is 77.7 Å².